The van der Waals surface area contributed by atoms with E-state index < -0.39 is 63.1 Å². The maximum atomic E-state index is 12.8. The number of aliphatic hydroxyl groups excluding tert-OH is 5. The number of aliphatic hydroxyl groups is 5. The van der Waals surface area contributed by atoms with Gasteiger partial charge in [0.2, 0.25) is 0 Å². The van der Waals surface area contributed by atoms with Gasteiger partial charge in [0, 0.05) is 13.0 Å². The van der Waals surface area contributed by atoms with Gasteiger partial charge in [-0.25, -0.2) is 4.57 Å². The quantitative estimate of drug-likeness (QED) is 0.0148. The lowest BCUT2D eigenvalue weighted by atomic mass is 9.85. The lowest BCUT2D eigenvalue weighted by Crippen LogP contribution is -2.64. The van der Waals surface area contributed by atoms with E-state index in [1.54, 1.807) is 0 Å². The average Bonchev–Trinajstić information content (AvgIpc) is 3.21. The number of carbonyl (C=O) groups is 1. The van der Waals surface area contributed by atoms with E-state index in [0.29, 0.717) is 13.0 Å². The van der Waals surface area contributed by atoms with Crippen LogP contribution in [-0.4, -0.2) is 98.9 Å². The predicted molar refractivity (Wildman–Crippen MR) is 230 cm³/mol. The number of hydrogen-bond acceptors (Lipinski definition) is 11. The third-order valence-corrected chi connectivity index (χ3v) is 12.1. The molecule has 1 rings (SSSR count). The van der Waals surface area contributed by atoms with Crippen molar-refractivity contribution in [3.05, 3.63) is 12.2 Å². The van der Waals surface area contributed by atoms with Crippen molar-refractivity contribution in [1.82, 2.24) is 0 Å². The van der Waals surface area contributed by atoms with Crippen LogP contribution < -0.4 is 0 Å². The summed E-state index contributed by atoms with van der Waals surface area (Å²) in [5.41, 5.74) is 0. The van der Waals surface area contributed by atoms with Gasteiger partial charge in [-0.1, -0.05) is 174 Å². The summed E-state index contributed by atoms with van der Waals surface area (Å²) in [4.78, 5) is 23.2. The molecule has 0 heterocycles. The molecule has 0 saturated heterocycles. The van der Waals surface area contributed by atoms with Crippen molar-refractivity contribution in [2.45, 2.75) is 249 Å². The molecule has 13 heteroatoms. The molecule has 6 N–H and O–H groups in total. The number of phosphoric acid groups is 1. The van der Waals surface area contributed by atoms with Crippen molar-refractivity contribution in [2.75, 3.05) is 19.8 Å². The van der Waals surface area contributed by atoms with Gasteiger partial charge < -0.3 is 39.9 Å². The van der Waals surface area contributed by atoms with E-state index in [2.05, 4.69) is 26.0 Å². The fraction of sp³-hybridized carbons (Fsp3) is 0.933. The van der Waals surface area contributed by atoms with Crippen LogP contribution in [0.1, 0.15) is 206 Å². The lowest BCUT2D eigenvalue weighted by molar-refractivity contribution is -0.220. The fourth-order valence-corrected chi connectivity index (χ4v) is 8.32. The van der Waals surface area contributed by atoms with Crippen LogP contribution in [0.5, 0.6) is 0 Å². The molecule has 0 aromatic heterocycles. The third-order valence-electron chi connectivity index (χ3n) is 11.1. The zero-order valence-electron chi connectivity index (χ0n) is 36.6. The van der Waals surface area contributed by atoms with Gasteiger partial charge in [-0.05, 0) is 38.5 Å². The summed E-state index contributed by atoms with van der Waals surface area (Å²) in [6, 6.07) is 0. The van der Waals surface area contributed by atoms with Gasteiger partial charge in [-0.15, -0.1) is 0 Å². The molecule has 1 fully saturated rings. The Balaban J connectivity index is 2.38. The van der Waals surface area contributed by atoms with E-state index in [4.69, 9.17) is 18.5 Å². The molecule has 0 spiro atoms. The van der Waals surface area contributed by atoms with Crippen molar-refractivity contribution >= 4 is 13.8 Å². The van der Waals surface area contributed by atoms with Gasteiger partial charge in [-0.2, -0.15) is 0 Å². The summed E-state index contributed by atoms with van der Waals surface area (Å²) < 4.78 is 34.2. The molecule has 0 aliphatic heterocycles. The Morgan fingerprint density at radius 1 is 0.534 bits per heavy atom. The maximum absolute atomic E-state index is 12.8. The number of carbonyl (C=O) groups excluding carboxylic acids is 1. The summed E-state index contributed by atoms with van der Waals surface area (Å²) in [5.74, 6) is -0.475. The van der Waals surface area contributed by atoms with E-state index in [1.807, 2.05) is 0 Å². The van der Waals surface area contributed by atoms with Crippen LogP contribution in [0.4, 0.5) is 0 Å². The SMILES string of the molecule is CCCCCC/C=C\CCCCCCCCOCC(COP(=O)(O)OC1C(O)C(O)C(O)C(O)C1O)OC(=O)CCCCCCCCCCCCCCCCCCC. The molecule has 1 saturated carbocycles. The first kappa shape index (κ1) is 55.1. The van der Waals surface area contributed by atoms with E-state index in [1.165, 1.54) is 128 Å². The summed E-state index contributed by atoms with van der Waals surface area (Å²) in [7, 11) is -5.01. The van der Waals surface area contributed by atoms with Gasteiger partial charge in [0.05, 0.1) is 13.2 Å². The van der Waals surface area contributed by atoms with Crippen LogP contribution in [-0.2, 0) is 27.9 Å². The number of rotatable bonds is 40. The Morgan fingerprint density at radius 3 is 1.38 bits per heavy atom. The van der Waals surface area contributed by atoms with E-state index in [-0.39, 0.29) is 13.0 Å². The highest BCUT2D eigenvalue weighted by atomic mass is 31.2. The van der Waals surface area contributed by atoms with E-state index in [9.17, 15) is 39.8 Å². The second-order valence-electron chi connectivity index (χ2n) is 16.6. The van der Waals surface area contributed by atoms with Crippen molar-refractivity contribution in [1.29, 1.82) is 0 Å². The summed E-state index contributed by atoms with van der Waals surface area (Å²) in [6.45, 7) is 4.25. The molecule has 0 aromatic carbocycles. The topological polar surface area (TPSA) is 192 Å². The monoisotopic (exact) mass is 851 g/mol. The van der Waals surface area contributed by atoms with E-state index >= 15 is 0 Å². The van der Waals surface area contributed by atoms with E-state index in [0.717, 1.165) is 51.4 Å². The van der Waals surface area contributed by atoms with Crippen LogP contribution >= 0.6 is 7.82 Å². The molecule has 6 unspecified atom stereocenters. The highest BCUT2D eigenvalue weighted by molar-refractivity contribution is 7.47. The first-order valence-electron chi connectivity index (χ1n) is 23.5. The Kier molecular flexibility index (Phi) is 34.9. The minimum Gasteiger partial charge on any atom is -0.457 e. The number of unbranched alkanes of at least 4 members (excludes halogenated alkanes) is 26. The van der Waals surface area contributed by atoms with Crippen LogP contribution in [0.25, 0.3) is 0 Å². The molecule has 344 valence electrons. The minimum atomic E-state index is -5.01. The predicted octanol–water partition coefficient (Wildman–Crippen LogP) is 9.53. The zero-order valence-corrected chi connectivity index (χ0v) is 37.5. The highest BCUT2D eigenvalue weighted by Crippen LogP contribution is 2.47. The highest BCUT2D eigenvalue weighted by Gasteiger charge is 2.51. The molecule has 1 aliphatic rings. The fourth-order valence-electron chi connectivity index (χ4n) is 7.35. The van der Waals surface area contributed by atoms with Gasteiger partial charge in [0.15, 0.2) is 0 Å². The number of ether oxygens (including phenoxy) is 2. The van der Waals surface area contributed by atoms with Crippen molar-refractivity contribution in [2.24, 2.45) is 0 Å². The largest absolute Gasteiger partial charge is 0.472 e. The van der Waals surface area contributed by atoms with Gasteiger partial charge in [0.1, 0.15) is 42.7 Å². The summed E-state index contributed by atoms with van der Waals surface area (Å²) >= 11 is 0. The van der Waals surface area contributed by atoms with Crippen LogP contribution in [0.2, 0.25) is 0 Å². The van der Waals surface area contributed by atoms with Crippen molar-refractivity contribution in [3.8, 4) is 0 Å². The Labute approximate surface area is 352 Å². The normalized spacial score (nSPS) is 22.7. The smallest absolute Gasteiger partial charge is 0.457 e. The van der Waals surface area contributed by atoms with Crippen LogP contribution in [0.15, 0.2) is 12.2 Å². The van der Waals surface area contributed by atoms with Crippen molar-refractivity contribution in [3.63, 3.8) is 0 Å². The van der Waals surface area contributed by atoms with Gasteiger partial charge >= 0.3 is 13.8 Å². The zero-order chi connectivity index (χ0) is 42.7. The summed E-state index contributed by atoms with van der Waals surface area (Å²) in [5, 5.41) is 50.2. The third kappa shape index (κ3) is 28.6. The number of phosphoric ester groups is 1. The molecule has 12 nitrogen and oxygen atoms in total. The second kappa shape index (κ2) is 36.7. The Hall–Kier alpha value is -0.920. The molecule has 0 radical (unpaired) electrons. The number of esters is 1. The standard InChI is InChI=1S/C45H87O12P/c1-3-5-7-9-11-13-15-17-19-20-21-22-24-26-28-30-32-34-39(46)56-38(36-54-35-33-31-29-27-25-23-18-16-14-12-10-8-6-4-2)37-55-58(52,53)57-45-43(50)41(48)40(47)42(49)44(45)51/h14,16,38,40-45,47-51H,3-13,15,17-37H2,1-2H3,(H,52,53)/b16-14-. The minimum absolute atomic E-state index is 0.0755. The number of allylic oxidation sites excluding steroid dienone is 2. The Bertz CT molecular complexity index is 1020. The lowest BCUT2D eigenvalue weighted by Gasteiger charge is -2.41. The van der Waals surface area contributed by atoms with Crippen LogP contribution in [0, 0.1) is 0 Å². The first-order chi connectivity index (χ1) is 28.0. The maximum Gasteiger partial charge on any atom is 0.472 e. The van der Waals surface area contributed by atoms with Gasteiger partial charge in [0.25, 0.3) is 0 Å². The molecule has 0 bridgehead atoms. The number of hydrogen-bond donors (Lipinski definition) is 6. The molecule has 58 heavy (non-hydrogen) atoms. The molecule has 0 amide bonds. The Morgan fingerprint density at radius 2 is 0.914 bits per heavy atom. The second-order valence-corrected chi connectivity index (χ2v) is 18.0. The molecule has 0 aromatic rings. The first-order valence-corrected chi connectivity index (χ1v) is 25.0. The average molecular weight is 851 g/mol. The van der Waals surface area contributed by atoms with Gasteiger partial charge in [-0.3, -0.25) is 13.8 Å². The molecule has 1 aliphatic carbocycles. The molecule has 6 atom stereocenters. The molecular formula is C45H87O12P. The molecular weight excluding hydrogens is 763 g/mol. The van der Waals surface area contributed by atoms with Crippen molar-refractivity contribution < 1.29 is 58.3 Å². The van der Waals surface area contributed by atoms with Crippen LogP contribution in [0.3, 0.4) is 0 Å². The summed E-state index contributed by atoms with van der Waals surface area (Å²) in [6.07, 6.45) is 27.1.